The van der Waals surface area contributed by atoms with Crippen LogP contribution in [0.5, 0.6) is 0 Å². The summed E-state index contributed by atoms with van der Waals surface area (Å²) in [4.78, 5) is 27.1. The minimum Gasteiger partial charge on any atom is -0.465 e. The molecule has 0 bridgehead atoms. The molecule has 0 radical (unpaired) electrons. The fourth-order valence-corrected chi connectivity index (χ4v) is 6.97. The highest BCUT2D eigenvalue weighted by molar-refractivity contribution is 5.69. The molecule has 0 aromatic carbocycles. The Balaban J connectivity index is 4.05. The third kappa shape index (κ3) is 31.0. The van der Waals surface area contributed by atoms with Crippen LogP contribution in [0.2, 0.25) is 0 Å². The first-order valence-electron chi connectivity index (χ1n) is 22.2. The van der Waals surface area contributed by atoms with E-state index in [0.29, 0.717) is 67.6 Å². The molecule has 0 aliphatic rings. The van der Waals surface area contributed by atoms with Crippen molar-refractivity contribution in [2.24, 2.45) is 41.4 Å². The van der Waals surface area contributed by atoms with Gasteiger partial charge in [-0.1, -0.05) is 145 Å². The molecular weight excluding hydrogens is 631 g/mol. The lowest BCUT2D eigenvalue weighted by Crippen LogP contribution is -2.31. The van der Waals surface area contributed by atoms with Crippen molar-refractivity contribution in [3.63, 3.8) is 0 Å². The predicted octanol–water partition coefficient (Wildman–Crippen LogP) is 13.5. The summed E-state index contributed by atoms with van der Waals surface area (Å²) in [5, 5.41) is 0. The highest BCUT2D eigenvalue weighted by Crippen LogP contribution is 2.24. The van der Waals surface area contributed by atoms with Crippen LogP contribution in [-0.2, 0) is 19.1 Å². The van der Waals surface area contributed by atoms with Crippen LogP contribution in [0.3, 0.4) is 0 Å². The SMILES string of the molecule is CC(C)CCC(COC(=O)CCCCCCCCCC(CCCCCCCCCC(=O)OCC(CCC(C)C)C(C)C)CN(C)C(C)C)C(C)C. The quantitative estimate of drug-likeness (QED) is 0.0482. The number of hydrogen-bond acceptors (Lipinski definition) is 5. The number of hydrogen-bond donors (Lipinski definition) is 0. The van der Waals surface area contributed by atoms with Crippen LogP contribution < -0.4 is 0 Å². The van der Waals surface area contributed by atoms with Crippen molar-refractivity contribution in [1.29, 1.82) is 0 Å². The van der Waals surface area contributed by atoms with Crippen molar-refractivity contribution in [3.05, 3.63) is 0 Å². The largest absolute Gasteiger partial charge is 0.465 e. The molecule has 0 saturated heterocycles. The average molecular weight is 722 g/mol. The predicted molar refractivity (Wildman–Crippen MR) is 221 cm³/mol. The number of esters is 2. The van der Waals surface area contributed by atoms with Crippen LogP contribution in [0, 0.1) is 41.4 Å². The Kier molecular flexibility index (Phi) is 31.6. The van der Waals surface area contributed by atoms with E-state index in [1.54, 1.807) is 0 Å². The molecule has 2 atom stereocenters. The maximum atomic E-state index is 12.3. The third-order valence-corrected chi connectivity index (χ3v) is 11.4. The Morgan fingerprint density at radius 3 is 1.10 bits per heavy atom. The third-order valence-electron chi connectivity index (χ3n) is 11.4. The molecule has 5 nitrogen and oxygen atoms in total. The number of carbonyl (C=O) groups is 2. The molecule has 0 aliphatic carbocycles. The first-order valence-corrected chi connectivity index (χ1v) is 22.2. The summed E-state index contributed by atoms with van der Waals surface area (Å²) in [6, 6.07) is 0.602. The molecule has 0 spiro atoms. The van der Waals surface area contributed by atoms with Gasteiger partial charge < -0.3 is 14.4 Å². The standard InChI is InChI=1S/C46H91NO4/c1-37(2)30-32-43(39(5)6)35-50-45(48)28-24-20-16-12-14-18-22-26-42(34-47(11)41(9)10)27-23-19-15-13-17-21-25-29-46(49)51-36-44(40(7)8)33-31-38(3)4/h37-44H,12-36H2,1-11H3. The second-order valence-corrected chi connectivity index (χ2v) is 18.2. The van der Waals surface area contributed by atoms with Gasteiger partial charge in [-0.2, -0.15) is 0 Å². The van der Waals surface area contributed by atoms with Crippen molar-refractivity contribution in [2.75, 3.05) is 26.8 Å². The van der Waals surface area contributed by atoms with E-state index in [9.17, 15) is 9.59 Å². The Morgan fingerprint density at radius 2 is 0.784 bits per heavy atom. The van der Waals surface area contributed by atoms with Crippen molar-refractivity contribution in [2.45, 2.75) is 217 Å². The van der Waals surface area contributed by atoms with E-state index in [1.807, 2.05) is 0 Å². The molecule has 0 rings (SSSR count). The van der Waals surface area contributed by atoms with Crippen LogP contribution in [0.25, 0.3) is 0 Å². The van der Waals surface area contributed by atoms with E-state index in [4.69, 9.17) is 9.47 Å². The van der Waals surface area contributed by atoms with Gasteiger partial charge in [0.25, 0.3) is 0 Å². The van der Waals surface area contributed by atoms with Crippen LogP contribution in [0.15, 0.2) is 0 Å². The van der Waals surface area contributed by atoms with E-state index in [1.165, 1.54) is 96.4 Å². The Bertz CT molecular complexity index is 749. The van der Waals surface area contributed by atoms with Gasteiger partial charge in [-0.3, -0.25) is 9.59 Å². The van der Waals surface area contributed by atoms with Gasteiger partial charge in [-0.25, -0.2) is 0 Å². The van der Waals surface area contributed by atoms with E-state index in [2.05, 4.69) is 81.2 Å². The second-order valence-electron chi connectivity index (χ2n) is 18.2. The van der Waals surface area contributed by atoms with Crippen molar-refractivity contribution < 1.29 is 19.1 Å². The molecule has 0 amide bonds. The molecule has 0 aromatic rings. The van der Waals surface area contributed by atoms with Gasteiger partial charge in [0.2, 0.25) is 0 Å². The van der Waals surface area contributed by atoms with Crippen molar-refractivity contribution in [1.82, 2.24) is 4.90 Å². The molecule has 0 aromatic heterocycles. The summed E-state index contributed by atoms with van der Waals surface area (Å²) in [7, 11) is 2.29. The maximum absolute atomic E-state index is 12.3. The normalized spacial score (nSPS) is 14.0. The van der Waals surface area contributed by atoms with Gasteiger partial charge in [0, 0.05) is 25.4 Å². The van der Waals surface area contributed by atoms with Crippen LogP contribution >= 0.6 is 0 Å². The summed E-state index contributed by atoms with van der Waals surface area (Å²) in [6.45, 7) is 25.1. The minimum absolute atomic E-state index is 0.000437. The van der Waals surface area contributed by atoms with E-state index < -0.39 is 0 Å². The van der Waals surface area contributed by atoms with Crippen molar-refractivity contribution in [3.8, 4) is 0 Å². The number of nitrogens with zero attached hydrogens (tertiary/aromatic N) is 1. The molecule has 5 heteroatoms. The molecule has 0 aliphatic heterocycles. The van der Waals surface area contributed by atoms with Gasteiger partial charge in [-0.05, 0) is 101 Å². The minimum atomic E-state index is -0.000437. The van der Waals surface area contributed by atoms with E-state index >= 15 is 0 Å². The fraction of sp³-hybridized carbons (Fsp3) is 0.957. The summed E-state index contributed by atoms with van der Waals surface area (Å²) >= 11 is 0. The number of ether oxygens (including phenoxy) is 2. The lowest BCUT2D eigenvalue weighted by atomic mass is 9.89. The van der Waals surface area contributed by atoms with Crippen LogP contribution in [0.4, 0.5) is 0 Å². The number of carbonyl (C=O) groups excluding carboxylic acids is 2. The fourth-order valence-electron chi connectivity index (χ4n) is 6.97. The van der Waals surface area contributed by atoms with Gasteiger partial charge in [0.05, 0.1) is 13.2 Å². The van der Waals surface area contributed by atoms with Crippen LogP contribution in [0.1, 0.15) is 210 Å². The van der Waals surface area contributed by atoms with E-state index in [-0.39, 0.29) is 11.9 Å². The van der Waals surface area contributed by atoms with Gasteiger partial charge in [0.1, 0.15) is 0 Å². The summed E-state index contributed by atoms with van der Waals surface area (Å²) in [5.74, 6) is 4.31. The maximum Gasteiger partial charge on any atom is 0.305 e. The van der Waals surface area contributed by atoms with Crippen LogP contribution in [-0.4, -0.2) is 49.7 Å². The topological polar surface area (TPSA) is 55.8 Å². The Labute approximate surface area is 319 Å². The smallest absolute Gasteiger partial charge is 0.305 e. The monoisotopic (exact) mass is 722 g/mol. The molecule has 304 valence electrons. The first-order chi connectivity index (χ1) is 24.2. The lowest BCUT2D eigenvalue weighted by molar-refractivity contribution is -0.146. The van der Waals surface area contributed by atoms with E-state index in [0.717, 1.165) is 44.4 Å². The zero-order valence-corrected chi connectivity index (χ0v) is 36.4. The number of rotatable bonds is 35. The molecular formula is C46H91NO4. The molecule has 0 heterocycles. The Hall–Kier alpha value is -1.10. The Morgan fingerprint density at radius 1 is 0.451 bits per heavy atom. The highest BCUT2D eigenvalue weighted by Gasteiger charge is 2.18. The zero-order valence-electron chi connectivity index (χ0n) is 36.4. The summed E-state index contributed by atoms with van der Waals surface area (Å²) in [6.07, 6.45) is 25.8. The highest BCUT2D eigenvalue weighted by atomic mass is 16.5. The molecule has 0 N–H and O–H groups in total. The molecule has 51 heavy (non-hydrogen) atoms. The van der Waals surface area contributed by atoms with Crippen molar-refractivity contribution >= 4 is 11.9 Å². The summed E-state index contributed by atoms with van der Waals surface area (Å²) < 4.78 is 11.3. The average Bonchev–Trinajstić information content (AvgIpc) is 3.05. The molecule has 0 saturated carbocycles. The molecule has 2 unspecified atom stereocenters. The molecule has 0 fully saturated rings. The van der Waals surface area contributed by atoms with Gasteiger partial charge in [-0.15, -0.1) is 0 Å². The lowest BCUT2D eigenvalue weighted by Gasteiger charge is -2.27. The first kappa shape index (κ1) is 49.9. The van der Waals surface area contributed by atoms with Gasteiger partial charge in [0.15, 0.2) is 0 Å². The number of unbranched alkanes of at least 4 members (excludes halogenated alkanes) is 12. The zero-order chi connectivity index (χ0) is 38.4. The van der Waals surface area contributed by atoms with Gasteiger partial charge >= 0.3 is 11.9 Å². The summed E-state index contributed by atoms with van der Waals surface area (Å²) in [5.41, 5.74) is 0. The second kappa shape index (κ2) is 32.3.